The van der Waals surface area contributed by atoms with E-state index in [4.69, 9.17) is 14.8 Å². The van der Waals surface area contributed by atoms with Crippen LogP contribution in [-0.2, 0) is 5.54 Å². The monoisotopic (exact) mass is 463 g/mol. The summed E-state index contributed by atoms with van der Waals surface area (Å²) in [6.45, 7) is 15.7. The van der Waals surface area contributed by atoms with Crippen LogP contribution in [0.3, 0.4) is 0 Å². The van der Waals surface area contributed by atoms with Gasteiger partial charge in [-0.2, -0.15) is 5.10 Å². The number of carbonyl (C=O) groups is 1. The lowest BCUT2D eigenvalue weighted by molar-refractivity contribution is 0.0768. The van der Waals surface area contributed by atoms with Crippen molar-refractivity contribution in [2.75, 3.05) is 38.2 Å². The molecule has 1 aliphatic heterocycles. The molecule has 0 N–H and O–H groups in total. The molecule has 0 bridgehead atoms. The van der Waals surface area contributed by atoms with Gasteiger partial charge in [0.1, 0.15) is 5.75 Å². The van der Waals surface area contributed by atoms with Gasteiger partial charge in [-0.1, -0.05) is 13.8 Å². The summed E-state index contributed by atoms with van der Waals surface area (Å²) in [6.07, 6.45) is 0.920. The highest BCUT2D eigenvalue weighted by Crippen LogP contribution is 2.30. The second kappa shape index (κ2) is 9.28. The van der Waals surface area contributed by atoms with Crippen molar-refractivity contribution in [2.45, 2.75) is 59.4 Å². The lowest BCUT2D eigenvalue weighted by atomic mass is 10.0. The number of ether oxygens (including phenoxy) is 1. The first-order valence-corrected chi connectivity index (χ1v) is 12.2. The van der Waals surface area contributed by atoms with Gasteiger partial charge >= 0.3 is 0 Å². The second-order valence-corrected chi connectivity index (χ2v) is 10.4. The fourth-order valence-electron chi connectivity index (χ4n) is 4.58. The van der Waals surface area contributed by atoms with Gasteiger partial charge in [-0.25, -0.2) is 9.67 Å². The van der Waals surface area contributed by atoms with Crippen molar-refractivity contribution in [1.82, 2.24) is 19.7 Å². The first-order chi connectivity index (χ1) is 16.1. The standard InChI is InChI=1S/C27H37N5O2/c1-18(2)23-17-22(24-19(3)29-32(25(24)28-23)27(4,5)6)26(33)31-14-8-13-30(15-16-31)20-9-11-21(34-7)12-10-20/h9-12,17-18H,8,13-16H2,1-7H3. The fraction of sp³-hybridized carbons (Fsp3) is 0.519. The van der Waals surface area contributed by atoms with Gasteiger partial charge in [0.05, 0.1) is 29.3 Å². The summed E-state index contributed by atoms with van der Waals surface area (Å²) in [4.78, 5) is 23.2. The molecule has 0 unspecified atom stereocenters. The zero-order chi connectivity index (χ0) is 24.6. The minimum absolute atomic E-state index is 0.0717. The van der Waals surface area contributed by atoms with Gasteiger partial charge in [-0.05, 0) is 70.4 Å². The topological polar surface area (TPSA) is 63.5 Å². The maximum atomic E-state index is 13.9. The van der Waals surface area contributed by atoms with Crippen molar-refractivity contribution in [3.63, 3.8) is 0 Å². The number of amides is 1. The first kappa shape index (κ1) is 24.0. The van der Waals surface area contributed by atoms with E-state index in [2.05, 4.69) is 51.7 Å². The van der Waals surface area contributed by atoms with Crippen LogP contribution in [0.15, 0.2) is 30.3 Å². The lowest BCUT2D eigenvalue weighted by Crippen LogP contribution is -2.35. The van der Waals surface area contributed by atoms with E-state index in [1.54, 1.807) is 7.11 Å². The van der Waals surface area contributed by atoms with Crippen LogP contribution < -0.4 is 9.64 Å². The third-order valence-electron chi connectivity index (χ3n) is 6.51. The Labute approximate surface area is 202 Å². The lowest BCUT2D eigenvalue weighted by Gasteiger charge is -2.24. The van der Waals surface area contributed by atoms with Crippen molar-refractivity contribution < 1.29 is 9.53 Å². The van der Waals surface area contributed by atoms with Crippen LogP contribution in [0.25, 0.3) is 11.0 Å². The summed E-state index contributed by atoms with van der Waals surface area (Å²) >= 11 is 0. The van der Waals surface area contributed by atoms with Crippen LogP contribution in [0.2, 0.25) is 0 Å². The quantitative estimate of drug-likeness (QED) is 0.546. The molecule has 0 saturated carbocycles. The van der Waals surface area contributed by atoms with Crippen molar-refractivity contribution in [2.24, 2.45) is 0 Å². The van der Waals surface area contributed by atoms with Crippen LogP contribution in [-0.4, -0.2) is 58.9 Å². The number of fused-ring (bicyclic) bond motifs is 1. The van der Waals surface area contributed by atoms with Gasteiger partial charge in [0.2, 0.25) is 0 Å². The van der Waals surface area contributed by atoms with Crippen molar-refractivity contribution >= 4 is 22.6 Å². The Hall–Kier alpha value is -3.09. The number of anilines is 1. The van der Waals surface area contributed by atoms with Gasteiger partial charge in [-0.15, -0.1) is 0 Å². The van der Waals surface area contributed by atoms with Gasteiger partial charge in [0, 0.05) is 37.6 Å². The average Bonchev–Trinajstić information content (AvgIpc) is 2.98. The Morgan fingerprint density at radius 2 is 1.76 bits per heavy atom. The summed E-state index contributed by atoms with van der Waals surface area (Å²) < 4.78 is 7.26. The molecule has 7 nitrogen and oxygen atoms in total. The van der Waals surface area contributed by atoms with Gasteiger partial charge in [0.15, 0.2) is 5.65 Å². The summed E-state index contributed by atoms with van der Waals surface area (Å²) in [7, 11) is 1.68. The summed E-state index contributed by atoms with van der Waals surface area (Å²) in [6, 6.07) is 10.1. The van der Waals surface area contributed by atoms with Crippen LogP contribution in [0.4, 0.5) is 5.69 Å². The van der Waals surface area contributed by atoms with Crippen LogP contribution in [0, 0.1) is 6.92 Å². The van der Waals surface area contributed by atoms with Crippen LogP contribution in [0.1, 0.15) is 68.7 Å². The number of hydrogen-bond donors (Lipinski definition) is 0. The van der Waals surface area contributed by atoms with Crippen molar-refractivity contribution in [3.05, 3.63) is 47.3 Å². The molecule has 1 amide bonds. The molecule has 4 rings (SSSR count). The minimum Gasteiger partial charge on any atom is -0.497 e. The van der Waals surface area contributed by atoms with E-state index in [1.165, 1.54) is 0 Å². The zero-order valence-corrected chi connectivity index (χ0v) is 21.6. The summed E-state index contributed by atoms with van der Waals surface area (Å²) in [5.41, 5.74) is 4.23. The third-order valence-corrected chi connectivity index (χ3v) is 6.51. The molecule has 34 heavy (non-hydrogen) atoms. The van der Waals surface area contributed by atoms with Gasteiger partial charge < -0.3 is 14.5 Å². The van der Waals surface area contributed by atoms with E-state index < -0.39 is 0 Å². The van der Waals surface area contributed by atoms with Gasteiger partial charge in [-0.3, -0.25) is 4.79 Å². The number of nitrogens with zero attached hydrogens (tertiary/aromatic N) is 5. The summed E-state index contributed by atoms with van der Waals surface area (Å²) in [5.74, 6) is 1.14. The molecule has 3 aromatic rings. The van der Waals surface area contributed by atoms with E-state index in [9.17, 15) is 4.79 Å². The number of hydrogen-bond acceptors (Lipinski definition) is 5. The SMILES string of the molecule is COc1ccc(N2CCCN(C(=O)c3cc(C(C)C)nc4c3c(C)nn4C(C)(C)C)CC2)cc1. The van der Waals surface area contributed by atoms with Crippen LogP contribution in [0.5, 0.6) is 5.75 Å². The van der Waals surface area contributed by atoms with Crippen molar-refractivity contribution in [3.8, 4) is 5.75 Å². The number of rotatable bonds is 4. The number of carbonyl (C=O) groups excluding carboxylic acids is 1. The molecular weight excluding hydrogens is 426 g/mol. The molecule has 0 aliphatic carbocycles. The van der Waals surface area contributed by atoms with E-state index in [1.807, 2.05) is 34.7 Å². The Kier molecular flexibility index (Phi) is 6.56. The number of aryl methyl sites for hydroxylation is 1. The predicted octanol–water partition coefficient (Wildman–Crippen LogP) is 4.98. The first-order valence-electron chi connectivity index (χ1n) is 12.2. The third kappa shape index (κ3) is 4.61. The van der Waals surface area contributed by atoms with Gasteiger partial charge in [0.25, 0.3) is 5.91 Å². The maximum Gasteiger partial charge on any atom is 0.254 e. The van der Waals surface area contributed by atoms with E-state index >= 15 is 0 Å². The highest BCUT2D eigenvalue weighted by molar-refractivity contribution is 6.06. The van der Waals surface area contributed by atoms with Crippen LogP contribution >= 0.6 is 0 Å². The molecular formula is C27H37N5O2. The Morgan fingerprint density at radius 1 is 1.06 bits per heavy atom. The number of aromatic nitrogens is 3. The Morgan fingerprint density at radius 3 is 2.38 bits per heavy atom. The molecule has 2 aromatic heterocycles. The number of pyridine rings is 1. The summed E-state index contributed by atoms with van der Waals surface area (Å²) in [5, 5.41) is 5.67. The maximum absolute atomic E-state index is 13.9. The molecule has 3 heterocycles. The molecule has 0 spiro atoms. The molecule has 1 fully saturated rings. The largest absolute Gasteiger partial charge is 0.497 e. The highest BCUT2D eigenvalue weighted by Gasteiger charge is 2.28. The second-order valence-electron chi connectivity index (χ2n) is 10.4. The molecule has 1 aromatic carbocycles. The predicted molar refractivity (Wildman–Crippen MR) is 137 cm³/mol. The Balaban J connectivity index is 1.66. The molecule has 7 heteroatoms. The molecule has 182 valence electrons. The molecule has 0 atom stereocenters. The highest BCUT2D eigenvalue weighted by atomic mass is 16.5. The average molecular weight is 464 g/mol. The fourth-order valence-corrected chi connectivity index (χ4v) is 4.58. The number of methoxy groups -OCH3 is 1. The Bertz CT molecular complexity index is 1170. The molecule has 1 aliphatic rings. The number of benzene rings is 1. The smallest absolute Gasteiger partial charge is 0.254 e. The zero-order valence-electron chi connectivity index (χ0n) is 21.6. The van der Waals surface area contributed by atoms with E-state index in [0.717, 1.165) is 65.5 Å². The molecule has 1 saturated heterocycles. The van der Waals surface area contributed by atoms with Crippen molar-refractivity contribution in [1.29, 1.82) is 0 Å². The normalized spacial score (nSPS) is 15.2. The van der Waals surface area contributed by atoms with E-state index in [0.29, 0.717) is 6.54 Å². The minimum atomic E-state index is -0.225. The molecule has 0 radical (unpaired) electrons. The van der Waals surface area contributed by atoms with E-state index in [-0.39, 0.29) is 17.4 Å².